The summed E-state index contributed by atoms with van der Waals surface area (Å²) in [7, 11) is 0. The lowest BCUT2D eigenvalue weighted by Gasteiger charge is -2.20. The first-order valence-electron chi connectivity index (χ1n) is 7.31. The fourth-order valence-electron chi connectivity index (χ4n) is 1.99. The number of hydrogen-bond acceptors (Lipinski definition) is 2. The Labute approximate surface area is 121 Å². The zero-order chi connectivity index (χ0) is 14.8. The quantitative estimate of drug-likeness (QED) is 0.774. The van der Waals surface area contributed by atoms with E-state index in [4.69, 9.17) is 5.11 Å². The average Bonchev–Trinajstić information content (AvgIpc) is 2.45. The van der Waals surface area contributed by atoms with Gasteiger partial charge in [-0.3, -0.25) is 4.90 Å². The highest BCUT2D eigenvalue weighted by Gasteiger charge is 2.07. The first-order chi connectivity index (χ1) is 9.71. The van der Waals surface area contributed by atoms with Gasteiger partial charge < -0.3 is 5.11 Å². The van der Waals surface area contributed by atoms with E-state index in [1.54, 1.807) is 0 Å². The molecule has 110 valence electrons. The zero-order valence-corrected chi connectivity index (χ0v) is 12.5. The summed E-state index contributed by atoms with van der Waals surface area (Å²) in [6.07, 6.45) is 2.76. The molecule has 0 radical (unpaired) electrons. The van der Waals surface area contributed by atoms with Crippen molar-refractivity contribution in [3.8, 4) is 11.8 Å². The summed E-state index contributed by atoms with van der Waals surface area (Å²) in [4.78, 5) is 2.34. The Hall–Kier alpha value is -1.37. The standard InChI is InChI=1S/C17H24FNO/c1-3-5-11-19(4-2)14-16-9-10-17(18)13-15(16)8-6-7-12-20/h9-10,13,20H,3-5,7,11-12,14H2,1-2H3. The fraction of sp³-hybridized carbons (Fsp3) is 0.529. The second-order valence-electron chi connectivity index (χ2n) is 4.80. The minimum Gasteiger partial charge on any atom is -0.395 e. The lowest BCUT2D eigenvalue weighted by molar-refractivity contribution is 0.275. The Morgan fingerprint density at radius 2 is 2.10 bits per heavy atom. The molecule has 0 bridgehead atoms. The van der Waals surface area contributed by atoms with Crippen LogP contribution in [0.4, 0.5) is 4.39 Å². The molecule has 0 aliphatic carbocycles. The molecule has 0 heterocycles. The van der Waals surface area contributed by atoms with Gasteiger partial charge in [-0.1, -0.05) is 38.2 Å². The summed E-state index contributed by atoms with van der Waals surface area (Å²) >= 11 is 0. The predicted molar refractivity (Wildman–Crippen MR) is 80.8 cm³/mol. The van der Waals surface area contributed by atoms with E-state index in [9.17, 15) is 4.39 Å². The molecule has 0 fully saturated rings. The van der Waals surface area contributed by atoms with Gasteiger partial charge in [-0.2, -0.15) is 0 Å². The van der Waals surface area contributed by atoms with E-state index < -0.39 is 0 Å². The molecular formula is C17H24FNO. The molecule has 20 heavy (non-hydrogen) atoms. The van der Waals surface area contributed by atoms with Crippen molar-refractivity contribution in [1.29, 1.82) is 0 Å². The SMILES string of the molecule is CCCCN(CC)Cc1ccc(F)cc1C#CCCO. The van der Waals surface area contributed by atoms with Gasteiger partial charge >= 0.3 is 0 Å². The Morgan fingerprint density at radius 3 is 2.75 bits per heavy atom. The van der Waals surface area contributed by atoms with Crippen molar-refractivity contribution in [2.45, 2.75) is 39.7 Å². The van der Waals surface area contributed by atoms with Gasteiger partial charge in [0.1, 0.15) is 5.82 Å². The molecule has 2 nitrogen and oxygen atoms in total. The lowest BCUT2D eigenvalue weighted by atomic mass is 10.1. The minimum absolute atomic E-state index is 0.0369. The first kappa shape index (κ1) is 16.7. The van der Waals surface area contributed by atoms with Gasteiger partial charge in [0.25, 0.3) is 0 Å². The molecule has 0 saturated heterocycles. The monoisotopic (exact) mass is 277 g/mol. The summed E-state index contributed by atoms with van der Waals surface area (Å²) < 4.78 is 13.3. The molecule has 0 amide bonds. The van der Waals surface area contributed by atoms with E-state index in [1.807, 2.05) is 6.07 Å². The number of halogens is 1. The minimum atomic E-state index is -0.265. The van der Waals surface area contributed by atoms with Crippen LogP contribution in [0.15, 0.2) is 18.2 Å². The van der Waals surface area contributed by atoms with Gasteiger partial charge in [0.15, 0.2) is 0 Å². The van der Waals surface area contributed by atoms with E-state index in [1.165, 1.54) is 25.0 Å². The number of hydrogen-bond donors (Lipinski definition) is 1. The fourth-order valence-corrected chi connectivity index (χ4v) is 1.99. The summed E-state index contributed by atoms with van der Waals surface area (Å²) in [6, 6.07) is 4.78. The molecule has 1 aromatic rings. The van der Waals surface area contributed by atoms with Gasteiger partial charge in [0, 0.05) is 18.5 Å². The summed E-state index contributed by atoms with van der Waals surface area (Å²) in [5.41, 5.74) is 1.78. The Bertz CT molecular complexity index is 462. The Kier molecular flexibility index (Phi) is 7.94. The van der Waals surface area contributed by atoms with E-state index in [0.717, 1.165) is 30.8 Å². The second kappa shape index (κ2) is 9.52. The normalized spacial score (nSPS) is 10.4. The van der Waals surface area contributed by atoms with Crippen molar-refractivity contribution in [3.05, 3.63) is 35.1 Å². The summed E-state index contributed by atoms with van der Waals surface area (Å²) in [5, 5.41) is 8.76. The van der Waals surface area contributed by atoms with Crippen LogP contribution in [0.3, 0.4) is 0 Å². The van der Waals surface area contributed by atoms with Gasteiger partial charge in [-0.25, -0.2) is 4.39 Å². The number of benzene rings is 1. The topological polar surface area (TPSA) is 23.5 Å². The van der Waals surface area contributed by atoms with Crippen LogP contribution in [-0.4, -0.2) is 29.7 Å². The molecule has 1 aromatic carbocycles. The Balaban J connectivity index is 2.85. The molecule has 0 aromatic heterocycles. The molecule has 0 spiro atoms. The van der Waals surface area contributed by atoms with Crippen molar-refractivity contribution < 1.29 is 9.50 Å². The first-order valence-corrected chi connectivity index (χ1v) is 7.31. The molecule has 1 rings (SSSR count). The van der Waals surface area contributed by atoms with E-state index in [2.05, 4.69) is 30.6 Å². The highest BCUT2D eigenvalue weighted by Crippen LogP contribution is 2.13. The number of aliphatic hydroxyl groups is 1. The summed E-state index contributed by atoms with van der Waals surface area (Å²) in [6.45, 7) is 7.16. The lowest BCUT2D eigenvalue weighted by Crippen LogP contribution is -2.24. The average molecular weight is 277 g/mol. The largest absolute Gasteiger partial charge is 0.395 e. The third-order valence-corrected chi connectivity index (χ3v) is 3.20. The van der Waals surface area contributed by atoms with Gasteiger partial charge in [-0.05, 0) is 37.2 Å². The molecule has 0 atom stereocenters. The van der Waals surface area contributed by atoms with Crippen LogP contribution in [0.1, 0.15) is 44.2 Å². The van der Waals surface area contributed by atoms with E-state index in [0.29, 0.717) is 6.42 Å². The number of unbranched alkanes of at least 4 members (excludes halogenated alkanes) is 1. The number of aliphatic hydroxyl groups excluding tert-OH is 1. The predicted octanol–water partition coefficient (Wildman–Crippen LogP) is 3.18. The van der Waals surface area contributed by atoms with Crippen LogP contribution >= 0.6 is 0 Å². The van der Waals surface area contributed by atoms with Crippen LogP contribution in [-0.2, 0) is 6.54 Å². The number of rotatable bonds is 7. The highest BCUT2D eigenvalue weighted by atomic mass is 19.1. The molecule has 0 saturated carbocycles. The molecule has 0 aliphatic rings. The smallest absolute Gasteiger partial charge is 0.124 e. The highest BCUT2D eigenvalue weighted by molar-refractivity contribution is 5.41. The molecule has 1 N–H and O–H groups in total. The van der Waals surface area contributed by atoms with Crippen molar-refractivity contribution in [1.82, 2.24) is 4.90 Å². The number of nitrogens with zero attached hydrogens (tertiary/aromatic N) is 1. The van der Waals surface area contributed by atoms with Crippen molar-refractivity contribution in [2.75, 3.05) is 19.7 Å². The molecule has 0 aliphatic heterocycles. The zero-order valence-electron chi connectivity index (χ0n) is 12.5. The third-order valence-electron chi connectivity index (χ3n) is 3.20. The van der Waals surface area contributed by atoms with Crippen molar-refractivity contribution >= 4 is 0 Å². The van der Waals surface area contributed by atoms with Crippen LogP contribution in [0.2, 0.25) is 0 Å². The van der Waals surface area contributed by atoms with Crippen molar-refractivity contribution in [2.24, 2.45) is 0 Å². The molecule has 0 unspecified atom stereocenters. The van der Waals surface area contributed by atoms with Gasteiger partial charge in [-0.15, -0.1) is 0 Å². The third kappa shape index (κ3) is 5.73. The maximum atomic E-state index is 13.3. The molecule has 3 heteroatoms. The van der Waals surface area contributed by atoms with Crippen LogP contribution in [0.5, 0.6) is 0 Å². The summed E-state index contributed by atoms with van der Waals surface area (Å²) in [5.74, 6) is 5.57. The molecular weight excluding hydrogens is 253 g/mol. The Morgan fingerprint density at radius 1 is 1.30 bits per heavy atom. The van der Waals surface area contributed by atoms with E-state index >= 15 is 0 Å². The van der Waals surface area contributed by atoms with Gasteiger partial charge in [0.05, 0.1) is 6.61 Å². The van der Waals surface area contributed by atoms with Gasteiger partial charge in [0.2, 0.25) is 0 Å². The second-order valence-corrected chi connectivity index (χ2v) is 4.80. The van der Waals surface area contributed by atoms with Crippen molar-refractivity contribution in [3.63, 3.8) is 0 Å². The van der Waals surface area contributed by atoms with Crippen LogP contribution in [0, 0.1) is 17.7 Å². The van der Waals surface area contributed by atoms with Crippen LogP contribution in [0.25, 0.3) is 0 Å². The maximum Gasteiger partial charge on any atom is 0.124 e. The van der Waals surface area contributed by atoms with E-state index in [-0.39, 0.29) is 12.4 Å². The maximum absolute atomic E-state index is 13.3. The van der Waals surface area contributed by atoms with Crippen LogP contribution < -0.4 is 0 Å².